The number of rotatable bonds is 11. The van der Waals surface area contributed by atoms with Crippen molar-refractivity contribution in [1.82, 2.24) is 14.6 Å². The van der Waals surface area contributed by atoms with Crippen LogP contribution in [0.15, 0.2) is 40.1 Å². The average molecular weight is 860 g/mol. The first-order valence-electron chi connectivity index (χ1n) is 18.4. The Bertz CT molecular complexity index is 2340. The molecular formula is C38H44IN4O7S2+. The maximum Gasteiger partial charge on any atom is 0.294 e. The van der Waals surface area contributed by atoms with Crippen LogP contribution in [0.2, 0.25) is 0 Å². The average Bonchev–Trinajstić information content (AvgIpc) is 3.13. The number of alkyl halides is 1. The van der Waals surface area contributed by atoms with Crippen molar-refractivity contribution >= 4 is 59.9 Å². The fourth-order valence-electron chi connectivity index (χ4n) is 8.88. The van der Waals surface area contributed by atoms with E-state index in [1.807, 2.05) is 22.6 Å². The van der Waals surface area contributed by atoms with Crippen LogP contribution in [0.25, 0.3) is 5.57 Å². The molecule has 8 rings (SSSR count). The van der Waals surface area contributed by atoms with Crippen LogP contribution in [0.5, 0.6) is 11.5 Å². The fraction of sp³-hybridized carbons (Fsp3) is 0.474. The molecule has 52 heavy (non-hydrogen) atoms. The topological polar surface area (TPSA) is 145 Å². The molecule has 5 heterocycles. The van der Waals surface area contributed by atoms with E-state index in [-0.39, 0.29) is 17.3 Å². The van der Waals surface area contributed by atoms with E-state index in [4.69, 9.17) is 4.74 Å². The Balaban J connectivity index is 1.32. The third-order valence-corrected chi connectivity index (χ3v) is 14.1. The van der Waals surface area contributed by atoms with E-state index in [9.17, 15) is 26.2 Å². The number of halogens is 1. The summed E-state index contributed by atoms with van der Waals surface area (Å²) in [6.07, 6.45) is 9.50. The molecule has 5 aliphatic rings. The molecule has 11 nitrogen and oxygen atoms in total. The van der Waals surface area contributed by atoms with Crippen molar-refractivity contribution in [2.24, 2.45) is 0 Å². The van der Waals surface area contributed by atoms with Gasteiger partial charge in [0.15, 0.2) is 0 Å². The highest BCUT2D eigenvalue weighted by atomic mass is 127. The number of hydrogen-bond donors (Lipinski definition) is 3. The van der Waals surface area contributed by atoms with Gasteiger partial charge in [-0.3, -0.25) is 9.35 Å². The lowest BCUT2D eigenvalue weighted by Gasteiger charge is -2.39. The van der Waals surface area contributed by atoms with Gasteiger partial charge in [0.1, 0.15) is 24.6 Å². The molecule has 0 radical (unpaired) electrons. The van der Waals surface area contributed by atoms with Gasteiger partial charge in [-0.05, 0) is 81.2 Å². The summed E-state index contributed by atoms with van der Waals surface area (Å²) in [4.78, 5) is 13.3. The fourth-order valence-corrected chi connectivity index (χ4v) is 11.0. The molecule has 0 atom stereocenters. The second kappa shape index (κ2) is 14.3. The van der Waals surface area contributed by atoms with Gasteiger partial charge in [0.25, 0.3) is 10.1 Å². The Morgan fingerprint density at radius 1 is 0.846 bits per heavy atom. The van der Waals surface area contributed by atoms with Gasteiger partial charge < -0.3 is 15.0 Å². The zero-order valence-corrected chi connectivity index (χ0v) is 32.9. The smallest absolute Gasteiger partial charge is 0.294 e. The molecule has 0 bridgehead atoms. The molecule has 0 saturated carbocycles. The van der Waals surface area contributed by atoms with Crippen LogP contribution in [0.3, 0.4) is 0 Å². The third-order valence-electron chi connectivity index (χ3n) is 11.1. The summed E-state index contributed by atoms with van der Waals surface area (Å²) >= 11 is 2.01. The molecule has 0 fully saturated rings. The Hall–Kier alpha value is -3.05. The SMILES string of the molecule is O=C(CI)NCCCCCNS(=O)(=O)c1cc(S(=O)(=O)O)ccc1C1=c2cc3c4c(c2Oc2c1cc1c5c2CCCN5CCC1)CCC[N+]=4CCC3. The van der Waals surface area contributed by atoms with Crippen molar-refractivity contribution in [3.05, 3.63) is 74.3 Å². The predicted molar refractivity (Wildman–Crippen MR) is 207 cm³/mol. The van der Waals surface area contributed by atoms with Gasteiger partial charge in [0, 0.05) is 77.8 Å². The minimum Gasteiger partial charge on any atom is -0.455 e. The Kier molecular flexibility index (Phi) is 9.89. The number of carbonyl (C=O) groups is 1. The summed E-state index contributed by atoms with van der Waals surface area (Å²) in [5.74, 6) is 1.49. The standard InChI is InChI=1S/C38H43IN4O7S2/c39-23-33(44)40-14-2-1-3-15-41-51(45,46)32-22-26(52(47,48)49)12-13-27(32)34-30-20-24-8-4-16-42-18-6-10-28(35(24)42)37(30)50-38-29-11-7-19-43-17-5-9-25(36(29)43)21-31(34)38/h12-13,20-22,41H,1-11,14-19,23H2,(H-,40,44,47,48,49)/p+1. The van der Waals surface area contributed by atoms with E-state index in [2.05, 4.69) is 31.6 Å². The van der Waals surface area contributed by atoms with Gasteiger partial charge >= 0.3 is 0 Å². The van der Waals surface area contributed by atoms with Crippen LogP contribution >= 0.6 is 22.6 Å². The van der Waals surface area contributed by atoms with E-state index in [1.165, 1.54) is 34.3 Å². The van der Waals surface area contributed by atoms with E-state index in [1.54, 1.807) is 0 Å². The normalized spacial score (nSPS) is 17.5. The lowest BCUT2D eigenvalue weighted by atomic mass is 9.82. The highest BCUT2D eigenvalue weighted by Crippen LogP contribution is 2.49. The maximum atomic E-state index is 14.3. The molecule has 0 aromatic heterocycles. The van der Waals surface area contributed by atoms with Crippen molar-refractivity contribution in [3.63, 3.8) is 0 Å². The number of carbonyl (C=O) groups excluding carboxylic acids is 1. The highest BCUT2D eigenvalue weighted by molar-refractivity contribution is 14.1. The first kappa shape index (κ1) is 36.0. The second-order valence-corrected chi connectivity index (χ2v) is 18.3. The van der Waals surface area contributed by atoms with E-state index in [0.29, 0.717) is 41.4 Å². The second-order valence-electron chi connectivity index (χ2n) is 14.4. The minimum absolute atomic E-state index is 0.0365. The van der Waals surface area contributed by atoms with Gasteiger partial charge in [-0.25, -0.2) is 17.7 Å². The largest absolute Gasteiger partial charge is 0.455 e. The number of hydrogen-bond acceptors (Lipinski definition) is 7. The van der Waals surface area contributed by atoms with Crippen molar-refractivity contribution in [2.45, 2.75) is 80.4 Å². The molecule has 0 spiro atoms. The number of nitrogens with one attached hydrogen (secondary N) is 2. The van der Waals surface area contributed by atoms with Crippen LogP contribution < -0.4 is 34.8 Å². The van der Waals surface area contributed by atoms with Gasteiger partial charge in [-0.1, -0.05) is 35.1 Å². The van der Waals surface area contributed by atoms with Crippen LogP contribution in [0.4, 0.5) is 5.69 Å². The predicted octanol–water partition coefficient (Wildman–Crippen LogP) is 3.37. The monoisotopic (exact) mass is 859 g/mol. The number of unbranched alkanes of at least 4 members (excludes halogenated alkanes) is 2. The molecule has 14 heteroatoms. The molecule has 0 unspecified atom stereocenters. The van der Waals surface area contributed by atoms with Crippen LogP contribution in [0, 0.1) is 0 Å². The van der Waals surface area contributed by atoms with Crippen molar-refractivity contribution in [3.8, 4) is 11.5 Å². The number of amides is 1. The summed E-state index contributed by atoms with van der Waals surface area (Å²) in [5.41, 5.74) is 7.92. The molecule has 5 aliphatic heterocycles. The zero-order valence-electron chi connectivity index (χ0n) is 29.1. The minimum atomic E-state index is -4.71. The number of sulfonamides is 1. The third kappa shape index (κ3) is 6.56. The van der Waals surface area contributed by atoms with Gasteiger partial charge in [0.05, 0.1) is 19.8 Å². The zero-order chi connectivity index (χ0) is 36.2. The number of fused-ring (bicyclic) bond motifs is 4. The van der Waals surface area contributed by atoms with Gasteiger partial charge in [-0.15, -0.1) is 0 Å². The molecule has 0 aliphatic carbocycles. The first-order valence-corrected chi connectivity index (χ1v) is 22.9. The molecule has 3 aromatic rings. The van der Waals surface area contributed by atoms with Crippen LogP contribution in [0.1, 0.15) is 78.3 Å². The first-order chi connectivity index (χ1) is 25.0. The van der Waals surface area contributed by atoms with Gasteiger partial charge in [0.2, 0.25) is 21.3 Å². The number of ether oxygens (including phenoxy) is 1. The van der Waals surface area contributed by atoms with Crippen molar-refractivity contribution in [2.75, 3.05) is 48.6 Å². The molecule has 1 amide bonds. The summed E-state index contributed by atoms with van der Waals surface area (Å²) in [6.45, 7) is 4.64. The molecular weight excluding hydrogens is 815 g/mol. The van der Waals surface area contributed by atoms with E-state index >= 15 is 0 Å². The maximum absolute atomic E-state index is 14.3. The summed E-state index contributed by atoms with van der Waals surface area (Å²) in [7, 11) is -8.99. The highest BCUT2D eigenvalue weighted by Gasteiger charge is 2.37. The quantitative estimate of drug-likeness (QED) is 0.0686. The lowest BCUT2D eigenvalue weighted by Crippen LogP contribution is -2.45. The lowest BCUT2D eigenvalue weighted by molar-refractivity contribution is -0.118. The van der Waals surface area contributed by atoms with E-state index < -0.39 is 25.0 Å². The van der Waals surface area contributed by atoms with Crippen LogP contribution in [-0.4, -0.2) is 71.0 Å². The molecule has 276 valence electrons. The Labute approximate surface area is 318 Å². The van der Waals surface area contributed by atoms with Crippen molar-refractivity contribution < 1.29 is 30.9 Å². The van der Waals surface area contributed by atoms with E-state index in [0.717, 1.165) is 117 Å². The number of aryl methyl sites for hydroxylation is 2. The summed E-state index contributed by atoms with van der Waals surface area (Å²) in [5, 5.41) is 4.90. The molecule has 3 N–H and O–H groups in total. The Morgan fingerprint density at radius 3 is 2.37 bits per heavy atom. The Morgan fingerprint density at radius 2 is 1.58 bits per heavy atom. The van der Waals surface area contributed by atoms with Crippen LogP contribution in [-0.2, 0) is 50.6 Å². The van der Waals surface area contributed by atoms with Crippen molar-refractivity contribution in [1.29, 1.82) is 0 Å². The van der Waals surface area contributed by atoms with Gasteiger partial charge in [-0.2, -0.15) is 8.42 Å². The number of anilines is 1. The molecule has 0 saturated heterocycles. The molecule has 3 aromatic carbocycles. The number of benzene rings is 3. The summed E-state index contributed by atoms with van der Waals surface area (Å²) in [6, 6.07) is 8.28. The number of nitrogens with zero attached hydrogens (tertiary/aromatic N) is 2. The summed E-state index contributed by atoms with van der Waals surface area (Å²) < 4.78 is 76.4.